The van der Waals surface area contributed by atoms with Crippen molar-refractivity contribution in [1.82, 2.24) is 5.32 Å². The molecular weight excluding hydrogens is 457 g/mol. The normalized spacial score (nSPS) is 10.5. The SMILES string of the molecule is Cl.O=[N+]([O-])c1ccc(NCCNCc2c(OCc3ccc(F)cc3)ccc3ccccc23)cc1. The van der Waals surface area contributed by atoms with Crippen molar-refractivity contribution in [3.63, 3.8) is 0 Å². The van der Waals surface area contributed by atoms with Crippen LogP contribution in [0.1, 0.15) is 11.1 Å². The van der Waals surface area contributed by atoms with Gasteiger partial charge in [0, 0.05) is 43.0 Å². The lowest BCUT2D eigenvalue weighted by molar-refractivity contribution is -0.384. The van der Waals surface area contributed by atoms with Crippen LogP contribution >= 0.6 is 12.4 Å². The quantitative estimate of drug-likeness (QED) is 0.163. The number of rotatable bonds is 10. The predicted octanol–water partition coefficient (Wildman–Crippen LogP) is 6.09. The number of nitro groups is 1. The third-order valence-electron chi connectivity index (χ3n) is 5.32. The van der Waals surface area contributed by atoms with E-state index in [9.17, 15) is 14.5 Å². The van der Waals surface area contributed by atoms with E-state index >= 15 is 0 Å². The molecule has 0 amide bonds. The molecule has 176 valence electrons. The van der Waals surface area contributed by atoms with Crippen molar-refractivity contribution in [2.24, 2.45) is 0 Å². The molecule has 34 heavy (non-hydrogen) atoms. The Morgan fingerprint density at radius 2 is 1.62 bits per heavy atom. The van der Waals surface area contributed by atoms with Gasteiger partial charge in [-0.3, -0.25) is 10.1 Å². The highest BCUT2D eigenvalue weighted by molar-refractivity contribution is 5.87. The largest absolute Gasteiger partial charge is 0.489 e. The Morgan fingerprint density at radius 3 is 2.35 bits per heavy atom. The highest BCUT2D eigenvalue weighted by atomic mass is 35.5. The number of benzene rings is 4. The standard InChI is InChI=1S/C26H24FN3O3.ClH/c27-21-8-5-19(6-9-21)18-33-26-14-7-20-3-1-2-4-24(20)25(26)17-28-15-16-29-22-10-12-23(13-11-22)30(31)32;/h1-14,28-29H,15-18H2;1H. The van der Waals surface area contributed by atoms with E-state index in [0.717, 1.165) is 33.3 Å². The maximum Gasteiger partial charge on any atom is 0.269 e. The van der Waals surface area contributed by atoms with E-state index in [1.807, 2.05) is 24.3 Å². The second-order valence-corrected chi connectivity index (χ2v) is 7.59. The van der Waals surface area contributed by atoms with Crippen molar-refractivity contribution in [2.75, 3.05) is 18.4 Å². The van der Waals surface area contributed by atoms with Crippen molar-refractivity contribution in [3.8, 4) is 5.75 Å². The molecule has 2 N–H and O–H groups in total. The Bertz CT molecular complexity index is 1230. The van der Waals surface area contributed by atoms with Crippen LogP contribution in [0.15, 0.2) is 84.9 Å². The number of fused-ring (bicyclic) bond motifs is 1. The van der Waals surface area contributed by atoms with Gasteiger partial charge in [-0.05, 0) is 46.7 Å². The molecule has 0 spiro atoms. The maximum absolute atomic E-state index is 13.2. The maximum atomic E-state index is 13.2. The van der Waals surface area contributed by atoms with Gasteiger partial charge in [0.15, 0.2) is 0 Å². The number of non-ortho nitro benzene ring substituents is 1. The highest BCUT2D eigenvalue weighted by Crippen LogP contribution is 2.29. The van der Waals surface area contributed by atoms with Crippen LogP contribution in [-0.2, 0) is 13.2 Å². The zero-order valence-electron chi connectivity index (χ0n) is 18.4. The van der Waals surface area contributed by atoms with E-state index in [4.69, 9.17) is 4.74 Å². The van der Waals surface area contributed by atoms with E-state index in [1.165, 1.54) is 24.3 Å². The number of nitrogens with zero attached hydrogens (tertiary/aromatic N) is 1. The third kappa shape index (κ3) is 6.43. The first-order chi connectivity index (χ1) is 16.1. The molecule has 0 radical (unpaired) electrons. The topological polar surface area (TPSA) is 76.4 Å². The number of halogens is 2. The molecule has 8 heteroatoms. The van der Waals surface area contributed by atoms with Gasteiger partial charge in [0.1, 0.15) is 18.2 Å². The number of ether oxygens (including phenoxy) is 1. The zero-order valence-corrected chi connectivity index (χ0v) is 19.2. The van der Waals surface area contributed by atoms with Gasteiger partial charge in [0.05, 0.1) is 4.92 Å². The molecule has 0 saturated carbocycles. The molecule has 0 aliphatic carbocycles. The Hall–Kier alpha value is -3.68. The summed E-state index contributed by atoms with van der Waals surface area (Å²) in [5, 5.41) is 19.7. The van der Waals surface area contributed by atoms with Crippen LogP contribution < -0.4 is 15.4 Å². The average Bonchev–Trinajstić information content (AvgIpc) is 2.84. The van der Waals surface area contributed by atoms with Crippen LogP contribution in [0.2, 0.25) is 0 Å². The Kier molecular flexibility index (Phi) is 8.79. The fourth-order valence-corrected chi connectivity index (χ4v) is 3.58. The van der Waals surface area contributed by atoms with Crippen molar-refractivity contribution in [3.05, 3.63) is 112 Å². The minimum atomic E-state index is -0.411. The predicted molar refractivity (Wildman–Crippen MR) is 135 cm³/mol. The van der Waals surface area contributed by atoms with E-state index in [1.54, 1.807) is 24.3 Å². The van der Waals surface area contributed by atoms with Gasteiger partial charge in [-0.15, -0.1) is 12.4 Å². The van der Waals surface area contributed by atoms with Gasteiger partial charge < -0.3 is 15.4 Å². The van der Waals surface area contributed by atoms with Crippen LogP contribution in [0.5, 0.6) is 5.75 Å². The monoisotopic (exact) mass is 481 g/mol. The van der Waals surface area contributed by atoms with Gasteiger partial charge in [-0.2, -0.15) is 0 Å². The summed E-state index contributed by atoms with van der Waals surface area (Å²) in [6, 6.07) is 24.8. The second-order valence-electron chi connectivity index (χ2n) is 7.59. The summed E-state index contributed by atoms with van der Waals surface area (Å²) in [6.45, 7) is 2.32. The van der Waals surface area contributed by atoms with Crippen molar-refractivity contribution >= 4 is 34.6 Å². The number of nitrogens with one attached hydrogen (secondary N) is 2. The smallest absolute Gasteiger partial charge is 0.269 e. The lowest BCUT2D eigenvalue weighted by Crippen LogP contribution is -2.22. The molecule has 0 unspecified atom stereocenters. The first-order valence-corrected chi connectivity index (χ1v) is 10.7. The third-order valence-corrected chi connectivity index (χ3v) is 5.32. The Balaban J connectivity index is 0.00000324. The van der Waals surface area contributed by atoms with Crippen molar-refractivity contribution < 1.29 is 14.1 Å². The lowest BCUT2D eigenvalue weighted by atomic mass is 10.0. The minimum Gasteiger partial charge on any atom is -0.489 e. The van der Waals surface area contributed by atoms with Gasteiger partial charge >= 0.3 is 0 Å². The molecular formula is C26H25ClFN3O3. The zero-order chi connectivity index (χ0) is 23.0. The molecule has 4 aromatic carbocycles. The molecule has 0 saturated heterocycles. The molecule has 0 bridgehead atoms. The van der Waals surface area contributed by atoms with E-state index in [2.05, 4.69) is 22.8 Å². The minimum absolute atomic E-state index is 0. The molecule has 0 heterocycles. The van der Waals surface area contributed by atoms with Crippen molar-refractivity contribution in [1.29, 1.82) is 0 Å². The molecule has 4 aromatic rings. The van der Waals surface area contributed by atoms with E-state index < -0.39 is 4.92 Å². The summed E-state index contributed by atoms with van der Waals surface area (Å²) < 4.78 is 19.3. The summed E-state index contributed by atoms with van der Waals surface area (Å²) in [4.78, 5) is 10.3. The van der Waals surface area contributed by atoms with Crippen LogP contribution in [0.3, 0.4) is 0 Å². The first-order valence-electron chi connectivity index (χ1n) is 10.7. The van der Waals surface area contributed by atoms with Gasteiger partial charge in [-0.25, -0.2) is 4.39 Å². The number of anilines is 1. The fraction of sp³-hybridized carbons (Fsp3) is 0.154. The van der Waals surface area contributed by atoms with Crippen LogP contribution in [0.4, 0.5) is 15.8 Å². The summed E-state index contributed by atoms with van der Waals surface area (Å²) >= 11 is 0. The second kappa shape index (κ2) is 12.0. The molecule has 0 aliphatic heterocycles. The summed E-state index contributed by atoms with van der Waals surface area (Å²) in [7, 11) is 0. The summed E-state index contributed by atoms with van der Waals surface area (Å²) in [5.41, 5.74) is 2.86. The molecule has 0 atom stereocenters. The highest BCUT2D eigenvalue weighted by Gasteiger charge is 2.09. The van der Waals surface area contributed by atoms with Crippen molar-refractivity contribution in [2.45, 2.75) is 13.2 Å². The first kappa shape index (κ1) is 25.0. The summed E-state index contributed by atoms with van der Waals surface area (Å²) in [5.74, 6) is 0.519. The lowest BCUT2D eigenvalue weighted by Gasteiger charge is -2.15. The van der Waals surface area contributed by atoms with Crippen LogP contribution in [0, 0.1) is 15.9 Å². The van der Waals surface area contributed by atoms with E-state index in [-0.39, 0.29) is 23.9 Å². The van der Waals surface area contributed by atoms with Crippen LogP contribution in [-0.4, -0.2) is 18.0 Å². The molecule has 0 aliphatic rings. The number of hydrogen-bond donors (Lipinski definition) is 2. The molecule has 4 rings (SSSR count). The average molecular weight is 482 g/mol. The summed E-state index contributed by atoms with van der Waals surface area (Å²) in [6.07, 6.45) is 0. The van der Waals surface area contributed by atoms with Crippen LogP contribution in [0.25, 0.3) is 10.8 Å². The number of nitro benzene ring substituents is 1. The van der Waals surface area contributed by atoms with E-state index in [0.29, 0.717) is 26.2 Å². The molecule has 0 fully saturated rings. The van der Waals surface area contributed by atoms with Gasteiger partial charge in [0.25, 0.3) is 5.69 Å². The Morgan fingerprint density at radius 1 is 0.882 bits per heavy atom. The van der Waals surface area contributed by atoms with Gasteiger partial charge in [0.2, 0.25) is 0 Å². The molecule has 0 aromatic heterocycles. The number of hydrogen-bond acceptors (Lipinski definition) is 5. The molecule has 6 nitrogen and oxygen atoms in total. The van der Waals surface area contributed by atoms with Gasteiger partial charge in [-0.1, -0.05) is 42.5 Å². The fourth-order valence-electron chi connectivity index (χ4n) is 3.58. The Labute approximate surface area is 203 Å².